The van der Waals surface area contributed by atoms with Gasteiger partial charge in [-0.15, -0.1) is 11.3 Å². The van der Waals surface area contributed by atoms with Crippen LogP contribution >= 0.6 is 27.3 Å². The van der Waals surface area contributed by atoms with E-state index in [1.807, 2.05) is 30.5 Å². The third-order valence-corrected chi connectivity index (χ3v) is 5.78. The summed E-state index contributed by atoms with van der Waals surface area (Å²) in [5, 5.41) is 5.30. The monoisotopic (exact) mass is 476 g/mol. The summed E-state index contributed by atoms with van der Waals surface area (Å²) < 4.78 is 16.8. The van der Waals surface area contributed by atoms with Crippen molar-refractivity contribution in [2.75, 3.05) is 26.6 Å². The minimum absolute atomic E-state index is 0.170. The van der Waals surface area contributed by atoms with Crippen LogP contribution in [-0.4, -0.2) is 32.2 Å². The fourth-order valence-corrected chi connectivity index (χ4v) is 4.03. The summed E-state index contributed by atoms with van der Waals surface area (Å²) in [5.41, 5.74) is 3.56. The zero-order chi connectivity index (χ0) is 21.0. The second-order valence-electron chi connectivity index (χ2n) is 6.27. The van der Waals surface area contributed by atoms with Gasteiger partial charge in [0, 0.05) is 15.4 Å². The lowest BCUT2D eigenvalue weighted by atomic mass is 10.1. The van der Waals surface area contributed by atoms with Gasteiger partial charge in [0.2, 0.25) is 5.91 Å². The predicted molar refractivity (Wildman–Crippen MR) is 118 cm³/mol. The largest absolute Gasteiger partial charge is 0.496 e. The highest BCUT2D eigenvalue weighted by atomic mass is 79.9. The molecule has 0 saturated heterocycles. The Bertz CT molecular complexity index is 1040. The number of nitrogens with one attached hydrogen (secondary N) is 1. The Morgan fingerprint density at radius 2 is 1.76 bits per heavy atom. The lowest BCUT2D eigenvalue weighted by Gasteiger charge is -2.11. The number of halogens is 1. The molecule has 0 aliphatic rings. The van der Waals surface area contributed by atoms with Gasteiger partial charge in [-0.05, 0) is 36.8 Å². The molecule has 0 aliphatic heterocycles. The SMILES string of the molecule is COc1cc(Br)c(CC(=O)Nc2nc(-c3cc(C)ccc3OC)cs2)cc1OC. The van der Waals surface area contributed by atoms with Crippen LogP contribution in [0.2, 0.25) is 0 Å². The van der Waals surface area contributed by atoms with Crippen molar-refractivity contribution in [2.45, 2.75) is 13.3 Å². The number of methoxy groups -OCH3 is 3. The van der Waals surface area contributed by atoms with Gasteiger partial charge in [0.1, 0.15) is 5.75 Å². The summed E-state index contributed by atoms with van der Waals surface area (Å²) in [6.07, 6.45) is 0.170. The van der Waals surface area contributed by atoms with Gasteiger partial charge >= 0.3 is 0 Å². The molecule has 0 bridgehead atoms. The number of carbonyl (C=O) groups excluding carboxylic acids is 1. The van der Waals surface area contributed by atoms with Crippen LogP contribution in [0.25, 0.3) is 11.3 Å². The van der Waals surface area contributed by atoms with Gasteiger partial charge in [-0.25, -0.2) is 4.98 Å². The second kappa shape index (κ2) is 9.28. The van der Waals surface area contributed by atoms with E-state index >= 15 is 0 Å². The van der Waals surface area contributed by atoms with E-state index in [0.29, 0.717) is 16.6 Å². The first-order valence-corrected chi connectivity index (χ1v) is 10.4. The van der Waals surface area contributed by atoms with Crippen LogP contribution < -0.4 is 19.5 Å². The number of aromatic nitrogens is 1. The van der Waals surface area contributed by atoms with Crippen molar-refractivity contribution in [3.05, 3.63) is 51.3 Å². The quantitative estimate of drug-likeness (QED) is 0.514. The van der Waals surface area contributed by atoms with Gasteiger partial charge < -0.3 is 19.5 Å². The van der Waals surface area contributed by atoms with Gasteiger partial charge in [-0.2, -0.15) is 0 Å². The van der Waals surface area contributed by atoms with Gasteiger partial charge in [0.25, 0.3) is 0 Å². The zero-order valence-electron chi connectivity index (χ0n) is 16.5. The highest BCUT2D eigenvalue weighted by Gasteiger charge is 2.15. The molecule has 1 N–H and O–H groups in total. The number of anilines is 1. The van der Waals surface area contributed by atoms with Gasteiger partial charge in [-0.3, -0.25) is 4.79 Å². The number of thiazole rings is 1. The van der Waals surface area contributed by atoms with E-state index in [4.69, 9.17) is 14.2 Å². The van der Waals surface area contributed by atoms with Crippen molar-refractivity contribution >= 4 is 38.3 Å². The summed E-state index contributed by atoms with van der Waals surface area (Å²) >= 11 is 4.85. The molecule has 0 unspecified atom stereocenters. The molecule has 0 radical (unpaired) electrons. The number of aryl methyl sites for hydroxylation is 1. The zero-order valence-corrected chi connectivity index (χ0v) is 18.9. The van der Waals surface area contributed by atoms with Crippen LogP contribution in [0.5, 0.6) is 17.2 Å². The summed E-state index contributed by atoms with van der Waals surface area (Å²) in [6.45, 7) is 2.01. The van der Waals surface area contributed by atoms with E-state index in [2.05, 4.69) is 26.2 Å². The standard InChI is InChI=1S/C21H21BrN2O4S/c1-12-5-6-17(26-2)14(7-12)16-11-29-21(23-16)24-20(25)9-13-8-18(27-3)19(28-4)10-15(13)22/h5-8,10-11H,9H2,1-4H3,(H,23,24,25). The Hall–Kier alpha value is -2.58. The van der Waals surface area contributed by atoms with E-state index in [-0.39, 0.29) is 12.3 Å². The van der Waals surface area contributed by atoms with E-state index in [1.54, 1.807) is 33.5 Å². The maximum absolute atomic E-state index is 12.5. The van der Waals surface area contributed by atoms with E-state index in [1.165, 1.54) is 11.3 Å². The molecule has 152 valence electrons. The molecule has 0 aliphatic carbocycles. The average Bonchev–Trinajstić information content (AvgIpc) is 3.17. The number of benzene rings is 2. The van der Waals surface area contributed by atoms with Crippen molar-refractivity contribution in [3.63, 3.8) is 0 Å². The van der Waals surface area contributed by atoms with Crippen LogP contribution in [0.4, 0.5) is 5.13 Å². The van der Waals surface area contributed by atoms with Crippen molar-refractivity contribution in [1.29, 1.82) is 0 Å². The van der Waals surface area contributed by atoms with Crippen LogP contribution in [-0.2, 0) is 11.2 Å². The summed E-state index contributed by atoms with van der Waals surface area (Å²) in [7, 11) is 4.76. The normalized spacial score (nSPS) is 10.5. The number of amides is 1. The molecule has 0 saturated carbocycles. The van der Waals surface area contributed by atoms with E-state index < -0.39 is 0 Å². The number of ether oxygens (including phenoxy) is 3. The Morgan fingerprint density at radius 3 is 2.45 bits per heavy atom. The molecule has 3 rings (SSSR count). The van der Waals surface area contributed by atoms with Crippen molar-refractivity contribution < 1.29 is 19.0 Å². The van der Waals surface area contributed by atoms with Crippen molar-refractivity contribution in [1.82, 2.24) is 4.98 Å². The van der Waals surface area contributed by atoms with Crippen molar-refractivity contribution in [2.24, 2.45) is 0 Å². The number of nitrogens with zero attached hydrogens (tertiary/aromatic N) is 1. The van der Waals surface area contributed by atoms with E-state index in [0.717, 1.165) is 32.6 Å². The topological polar surface area (TPSA) is 69.7 Å². The summed E-state index contributed by atoms with van der Waals surface area (Å²) in [6, 6.07) is 9.48. The maximum atomic E-state index is 12.5. The molecule has 1 aromatic heterocycles. The maximum Gasteiger partial charge on any atom is 0.230 e. The first-order chi connectivity index (χ1) is 13.9. The molecule has 1 amide bonds. The molecule has 2 aromatic carbocycles. The minimum atomic E-state index is -0.171. The highest BCUT2D eigenvalue weighted by Crippen LogP contribution is 2.35. The third-order valence-electron chi connectivity index (χ3n) is 4.29. The predicted octanol–water partition coefficient (Wildman–Crippen LogP) is 5.09. The lowest BCUT2D eigenvalue weighted by molar-refractivity contribution is -0.115. The van der Waals surface area contributed by atoms with Crippen LogP contribution in [0.3, 0.4) is 0 Å². The number of carbonyl (C=O) groups is 1. The highest BCUT2D eigenvalue weighted by molar-refractivity contribution is 9.10. The number of hydrogen-bond donors (Lipinski definition) is 1. The molecule has 3 aromatic rings. The molecule has 29 heavy (non-hydrogen) atoms. The summed E-state index contributed by atoms with van der Waals surface area (Å²) in [4.78, 5) is 17.1. The first kappa shape index (κ1) is 21.1. The molecule has 6 nitrogen and oxygen atoms in total. The molecular weight excluding hydrogens is 456 g/mol. The van der Waals surface area contributed by atoms with Gasteiger partial charge in [-0.1, -0.05) is 27.6 Å². The molecule has 0 spiro atoms. The summed E-state index contributed by atoms with van der Waals surface area (Å²) in [5.74, 6) is 1.74. The number of rotatable bonds is 7. The molecule has 0 atom stereocenters. The first-order valence-electron chi connectivity index (χ1n) is 8.76. The van der Waals surface area contributed by atoms with Crippen LogP contribution in [0, 0.1) is 6.92 Å². The Morgan fingerprint density at radius 1 is 1.07 bits per heavy atom. The van der Waals surface area contributed by atoms with Crippen LogP contribution in [0.15, 0.2) is 40.2 Å². The Kier molecular flexibility index (Phi) is 6.76. The van der Waals surface area contributed by atoms with Gasteiger partial charge in [0.15, 0.2) is 16.6 Å². The van der Waals surface area contributed by atoms with Crippen molar-refractivity contribution in [3.8, 4) is 28.5 Å². The fourth-order valence-electron chi connectivity index (χ4n) is 2.85. The average molecular weight is 477 g/mol. The molecule has 8 heteroatoms. The Balaban J connectivity index is 1.76. The lowest BCUT2D eigenvalue weighted by Crippen LogP contribution is -2.14. The fraction of sp³-hybridized carbons (Fsp3) is 0.238. The minimum Gasteiger partial charge on any atom is -0.496 e. The Labute approximate surface area is 182 Å². The second-order valence-corrected chi connectivity index (χ2v) is 7.98. The van der Waals surface area contributed by atoms with E-state index in [9.17, 15) is 4.79 Å². The molecule has 1 heterocycles. The third kappa shape index (κ3) is 4.89. The molecule has 0 fully saturated rings. The van der Waals surface area contributed by atoms with Gasteiger partial charge in [0.05, 0.1) is 33.4 Å². The smallest absolute Gasteiger partial charge is 0.230 e. The van der Waals surface area contributed by atoms with Crippen LogP contribution in [0.1, 0.15) is 11.1 Å². The molecular formula is C21H21BrN2O4S. The number of hydrogen-bond acceptors (Lipinski definition) is 6.